The van der Waals surface area contributed by atoms with Crippen molar-refractivity contribution < 1.29 is 15.0 Å². The van der Waals surface area contributed by atoms with E-state index in [1.165, 1.54) is 12.3 Å². The maximum absolute atomic E-state index is 10.8. The van der Waals surface area contributed by atoms with Gasteiger partial charge in [-0.3, -0.25) is 0 Å². The number of hydrogen-bond donors (Lipinski definition) is 3. The van der Waals surface area contributed by atoms with Gasteiger partial charge in [0, 0.05) is 24.7 Å². The number of anilines is 2. The van der Waals surface area contributed by atoms with Crippen molar-refractivity contribution in [1.29, 1.82) is 0 Å². The summed E-state index contributed by atoms with van der Waals surface area (Å²) in [7, 11) is 0. The normalized spacial score (nSPS) is 22.3. The molecule has 1 aromatic rings. The molecule has 0 saturated carbocycles. The quantitative estimate of drug-likeness (QED) is 0.736. The number of piperidine rings is 1. The molecule has 104 valence electrons. The van der Waals surface area contributed by atoms with Gasteiger partial charge in [0.1, 0.15) is 0 Å². The van der Waals surface area contributed by atoms with E-state index < -0.39 is 5.97 Å². The molecule has 2 heterocycles. The molecule has 0 aromatic carbocycles. The molecule has 6 heteroatoms. The van der Waals surface area contributed by atoms with E-state index in [0.717, 1.165) is 0 Å². The van der Waals surface area contributed by atoms with Crippen LogP contribution in [0.15, 0.2) is 12.3 Å². The molecule has 4 N–H and O–H groups in total. The van der Waals surface area contributed by atoms with Crippen molar-refractivity contribution in [3.8, 4) is 0 Å². The number of aromatic carboxylic acids is 1. The Bertz CT molecular complexity index is 502. The third kappa shape index (κ3) is 2.63. The van der Waals surface area contributed by atoms with E-state index >= 15 is 0 Å². The molecule has 1 aromatic heterocycles. The smallest absolute Gasteiger partial charge is 0.337 e. The molecular formula is C13H19N3O3. The summed E-state index contributed by atoms with van der Waals surface area (Å²) in [5.74, 6) is -0.454. The highest BCUT2D eigenvalue weighted by Gasteiger charge is 2.35. The summed E-state index contributed by atoms with van der Waals surface area (Å²) in [4.78, 5) is 17.0. The van der Waals surface area contributed by atoms with E-state index in [-0.39, 0.29) is 17.1 Å². The van der Waals surface area contributed by atoms with Gasteiger partial charge < -0.3 is 20.8 Å². The number of pyridine rings is 1. The molecule has 1 fully saturated rings. The van der Waals surface area contributed by atoms with E-state index in [2.05, 4.69) is 4.98 Å². The van der Waals surface area contributed by atoms with Crippen molar-refractivity contribution in [3.05, 3.63) is 17.8 Å². The lowest BCUT2D eigenvalue weighted by Gasteiger charge is -2.42. The third-order valence-corrected chi connectivity index (χ3v) is 3.61. The van der Waals surface area contributed by atoms with Gasteiger partial charge >= 0.3 is 5.97 Å². The Kier molecular flexibility index (Phi) is 3.36. The van der Waals surface area contributed by atoms with Crippen LogP contribution in [0.5, 0.6) is 0 Å². The zero-order valence-electron chi connectivity index (χ0n) is 11.1. The van der Waals surface area contributed by atoms with Gasteiger partial charge in [-0.05, 0) is 12.5 Å². The molecule has 0 amide bonds. The van der Waals surface area contributed by atoms with Gasteiger partial charge in [-0.1, -0.05) is 13.8 Å². The van der Waals surface area contributed by atoms with Crippen LogP contribution in [0, 0.1) is 5.41 Å². The minimum Gasteiger partial charge on any atom is -0.478 e. The van der Waals surface area contributed by atoms with Gasteiger partial charge in [-0.2, -0.15) is 0 Å². The Morgan fingerprint density at radius 1 is 1.58 bits per heavy atom. The summed E-state index contributed by atoms with van der Waals surface area (Å²) in [6.07, 6.45) is 1.61. The molecule has 1 atom stereocenters. The SMILES string of the molecule is CC1(C)CN(c2ncc(C(=O)O)cc2N)CCC1O. The van der Waals surface area contributed by atoms with Crippen molar-refractivity contribution in [2.45, 2.75) is 26.4 Å². The van der Waals surface area contributed by atoms with Crippen molar-refractivity contribution >= 4 is 17.5 Å². The van der Waals surface area contributed by atoms with Crippen LogP contribution in [0.3, 0.4) is 0 Å². The maximum atomic E-state index is 10.8. The fourth-order valence-electron chi connectivity index (χ4n) is 2.38. The van der Waals surface area contributed by atoms with Crippen LogP contribution >= 0.6 is 0 Å². The lowest BCUT2D eigenvalue weighted by molar-refractivity contribution is 0.0334. The van der Waals surface area contributed by atoms with E-state index in [9.17, 15) is 9.90 Å². The maximum Gasteiger partial charge on any atom is 0.337 e. The number of hydrogen-bond acceptors (Lipinski definition) is 5. The Morgan fingerprint density at radius 2 is 2.26 bits per heavy atom. The first-order valence-electron chi connectivity index (χ1n) is 6.23. The van der Waals surface area contributed by atoms with Crippen molar-refractivity contribution in [2.75, 3.05) is 23.7 Å². The molecule has 2 rings (SSSR count). The Morgan fingerprint density at radius 3 is 2.79 bits per heavy atom. The standard InChI is InChI=1S/C13H19N3O3/c1-13(2)7-16(4-3-10(13)17)11-9(14)5-8(6-15-11)12(18)19/h5-6,10,17H,3-4,7,14H2,1-2H3,(H,18,19). The Labute approximate surface area is 111 Å². The van der Waals surface area contributed by atoms with Crippen LogP contribution in [-0.2, 0) is 0 Å². The van der Waals surface area contributed by atoms with Crippen LogP contribution in [0.2, 0.25) is 0 Å². The van der Waals surface area contributed by atoms with Gasteiger partial charge in [0.05, 0.1) is 17.4 Å². The minimum atomic E-state index is -1.04. The molecule has 0 spiro atoms. The van der Waals surface area contributed by atoms with Gasteiger partial charge in [-0.25, -0.2) is 9.78 Å². The minimum absolute atomic E-state index is 0.0811. The number of nitrogen functional groups attached to an aromatic ring is 1. The van der Waals surface area contributed by atoms with Crippen LogP contribution < -0.4 is 10.6 Å². The number of rotatable bonds is 2. The lowest BCUT2D eigenvalue weighted by atomic mass is 9.81. The number of aliphatic hydroxyl groups excluding tert-OH is 1. The monoisotopic (exact) mass is 265 g/mol. The highest BCUT2D eigenvalue weighted by atomic mass is 16.4. The average Bonchev–Trinajstić information content (AvgIpc) is 2.32. The lowest BCUT2D eigenvalue weighted by Crippen LogP contribution is -2.49. The van der Waals surface area contributed by atoms with E-state index in [1.807, 2.05) is 18.7 Å². The number of aliphatic hydroxyl groups is 1. The summed E-state index contributed by atoms with van der Waals surface area (Å²) in [5, 5.41) is 18.8. The second-order valence-corrected chi connectivity index (χ2v) is 5.66. The molecule has 6 nitrogen and oxygen atoms in total. The summed E-state index contributed by atoms with van der Waals surface area (Å²) >= 11 is 0. The number of nitrogens with two attached hydrogens (primary N) is 1. The first-order chi connectivity index (χ1) is 8.81. The van der Waals surface area contributed by atoms with Crippen LogP contribution in [0.4, 0.5) is 11.5 Å². The molecule has 1 saturated heterocycles. The summed E-state index contributed by atoms with van der Waals surface area (Å²) in [6.45, 7) is 5.28. The Balaban J connectivity index is 2.26. The largest absolute Gasteiger partial charge is 0.478 e. The average molecular weight is 265 g/mol. The molecule has 1 aliphatic heterocycles. The van der Waals surface area contributed by atoms with Gasteiger partial charge in [0.15, 0.2) is 5.82 Å². The number of carbonyl (C=O) groups is 1. The van der Waals surface area contributed by atoms with Gasteiger partial charge in [0.2, 0.25) is 0 Å². The summed E-state index contributed by atoms with van der Waals surface area (Å²) in [5.41, 5.74) is 6.08. The van der Waals surface area contributed by atoms with Crippen molar-refractivity contribution in [2.24, 2.45) is 5.41 Å². The predicted molar refractivity (Wildman–Crippen MR) is 72.2 cm³/mol. The zero-order chi connectivity index (χ0) is 14.2. The highest BCUT2D eigenvalue weighted by molar-refractivity contribution is 5.89. The first kappa shape index (κ1) is 13.6. The fraction of sp³-hybridized carbons (Fsp3) is 0.538. The van der Waals surface area contributed by atoms with Gasteiger partial charge in [0.25, 0.3) is 0 Å². The van der Waals surface area contributed by atoms with Crippen LogP contribution in [-0.4, -0.2) is 40.4 Å². The van der Waals surface area contributed by atoms with Crippen molar-refractivity contribution in [1.82, 2.24) is 4.98 Å². The van der Waals surface area contributed by atoms with E-state index in [4.69, 9.17) is 10.8 Å². The van der Waals surface area contributed by atoms with E-state index in [0.29, 0.717) is 31.0 Å². The number of nitrogens with zero attached hydrogens (tertiary/aromatic N) is 2. The topological polar surface area (TPSA) is 99.7 Å². The van der Waals surface area contributed by atoms with Crippen LogP contribution in [0.1, 0.15) is 30.6 Å². The molecule has 0 radical (unpaired) electrons. The molecule has 0 aliphatic carbocycles. The second kappa shape index (κ2) is 4.70. The highest BCUT2D eigenvalue weighted by Crippen LogP contribution is 2.33. The van der Waals surface area contributed by atoms with Gasteiger partial charge in [-0.15, -0.1) is 0 Å². The zero-order valence-corrected chi connectivity index (χ0v) is 11.1. The van der Waals surface area contributed by atoms with Crippen LogP contribution in [0.25, 0.3) is 0 Å². The van der Waals surface area contributed by atoms with Crippen molar-refractivity contribution in [3.63, 3.8) is 0 Å². The number of carboxylic acid groups (broad SMARTS) is 1. The molecule has 19 heavy (non-hydrogen) atoms. The molecule has 1 aliphatic rings. The second-order valence-electron chi connectivity index (χ2n) is 5.66. The number of aromatic nitrogens is 1. The summed E-state index contributed by atoms with van der Waals surface area (Å²) < 4.78 is 0. The summed E-state index contributed by atoms with van der Waals surface area (Å²) in [6, 6.07) is 1.42. The first-order valence-corrected chi connectivity index (χ1v) is 6.23. The molecular weight excluding hydrogens is 246 g/mol. The molecule has 1 unspecified atom stereocenters. The van der Waals surface area contributed by atoms with E-state index in [1.54, 1.807) is 0 Å². The Hall–Kier alpha value is -1.82. The third-order valence-electron chi connectivity index (χ3n) is 3.61. The molecule has 0 bridgehead atoms. The number of carboxylic acids is 1. The predicted octanol–water partition coefficient (Wildman–Crippen LogP) is 0.959. The fourth-order valence-corrected chi connectivity index (χ4v) is 2.38.